The van der Waals surface area contributed by atoms with Crippen molar-refractivity contribution in [3.63, 3.8) is 0 Å². The van der Waals surface area contributed by atoms with Gasteiger partial charge >= 0.3 is 6.18 Å². The molecule has 1 aromatic heterocycles. The highest BCUT2D eigenvalue weighted by Gasteiger charge is 2.34. The molecule has 1 amide bonds. The first-order valence-corrected chi connectivity index (χ1v) is 14.6. The van der Waals surface area contributed by atoms with E-state index in [-0.39, 0.29) is 23.6 Å². The van der Waals surface area contributed by atoms with Gasteiger partial charge in [0.1, 0.15) is 17.3 Å². The molecule has 3 aromatic rings. The van der Waals surface area contributed by atoms with E-state index in [2.05, 4.69) is 21.9 Å². The minimum atomic E-state index is -4.61. The van der Waals surface area contributed by atoms with Gasteiger partial charge < -0.3 is 10.2 Å². The van der Waals surface area contributed by atoms with Crippen LogP contribution in [0.5, 0.6) is 0 Å². The number of rotatable bonds is 8. The number of carbonyl (C=O) groups is 1. The number of sulfonamides is 1. The second-order valence-corrected chi connectivity index (χ2v) is 11.8. The molecule has 1 saturated heterocycles. The van der Waals surface area contributed by atoms with Gasteiger partial charge in [-0.15, -0.1) is 0 Å². The number of pyridine rings is 1. The topological polar surface area (TPSA) is 91.4 Å². The highest BCUT2D eigenvalue weighted by atomic mass is 32.2. The van der Waals surface area contributed by atoms with Crippen molar-refractivity contribution in [3.05, 3.63) is 88.9 Å². The molecule has 0 spiro atoms. The summed E-state index contributed by atoms with van der Waals surface area (Å²) in [7, 11) is -3.72. The number of nitrogens with zero attached hydrogens (tertiary/aromatic N) is 2. The molecule has 2 N–H and O–H groups in total. The first kappa shape index (κ1) is 29.3. The molecule has 1 unspecified atom stereocenters. The van der Waals surface area contributed by atoms with Gasteiger partial charge in [-0.1, -0.05) is 49.4 Å². The standard InChI is InChI=1S/C28H30F4N4O3S/c1-18-12-14-36(15-13-18)26-21(9-11-24(34-26)28(30,31)32)17-33-27(37)25(19-6-4-3-5-7-19)20-8-10-23(22(29)16-20)35-40(2,38)39/h3-11,16,18,25,35H,12-15,17H2,1-2H3,(H,33,37). The zero-order valence-electron chi connectivity index (χ0n) is 22.0. The fourth-order valence-corrected chi connectivity index (χ4v) is 5.25. The number of amides is 1. The third-order valence-electron chi connectivity index (χ3n) is 6.80. The van der Waals surface area contributed by atoms with Crippen molar-refractivity contribution in [2.45, 2.75) is 38.4 Å². The Morgan fingerprint density at radius 1 is 1.05 bits per heavy atom. The van der Waals surface area contributed by atoms with E-state index < -0.39 is 39.5 Å². The van der Waals surface area contributed by atoms with E-state index in [1.165, 1.54) is 18.2 Å². The van der Waals surface area contributed by atoms with Gasteiger partial charge in [0.2, 0.25) is 15.9 Å². The van der Waals surface area contributed by atoms with Gasteiger partial charge in [0.15, 0.2) is 0 Å². The number of nitrogens with one attached hydrogen (secondary N) is 2. The summed E-state index contributed by atoms with van der Waals surface area (Å²) in [6, 6.07) is 14.6. The summed E-state index contributed by atoms with van der Waals surface area (Å²) >= 11 is 0. The van der Waals surface area contributed by atoms with Gasteiger partial charge in [0.05, 0.1) is 17.9 Å². The fourth-order valence-electron chi connectivity index (χ4n) is 4.69. The van der Waals surface area contributed by atoms with E-state index in [1.54, 1.807) is 30.3 Å². The smallest absolute Gasteiger partial charge is 0.356 e. The maximum atomic E-state index is 14.8. The molecule has 0 aliphatic carbocycles. The predicted octanol–water partition coefficient (Wildman–Crippen LogP) is 5.30. The van der Waals surface area contributed by atoms with E-state index >= 15 is 0 Å². The minimum absolute atomic E-state index is 0.0924. The van der Waals surface area contributed by atoms with Crippen LogP contribution in [0.4, 0.5) is 29.1 Å². The van der Waals surface area contributed by atoms with Crippen molar-refractivity contribution in [2.24, 2.45) is 5.92 Å². The third kappa shape index (κ3) is 7.29. The predicted molar refractivity (Wildman–Crippen MR) is 145 cm³/mol. The Balaban J connectivity index is 1.63. The van der Waals surface area contributed by atoms with Gasteiger partial charge in [-0.2, -0.15) is 13.2 Å². The van der Waals surface area contributed by atoms with Gasteiger partial charge in [-0.25, -0.2) is 17.8 Å². The van der Waals surface area contributed by atoms with Gasteiger partial charge in [0.25, 0.3) is 0 Å². The molecule has 1 fully saturated rings. The molecule has 7 nitrogen and oxygen atoms in total. The van der Waals surface area contributed by atoms with Crippen molar-refractivity contribution in [1.29, 1.82) is 0 Å². The second-order valence-electron chi connectivity index (χ2n) is 10.0. The molecule has 2 heterocycles. The third-order valence-corrected chi connectivity index (χ3v) is 7.39. The van der Waals surface area contributed by atoms with Crippen LogP contribution in [0.15, 0.2) is 60.7 Å². The monoisotopic (exact) mass is 578 g/mol. The van der Waals surface area contributed by atoms with Gasteiger partial charge in [0, 0.05) is 25.2 Å². The van der Waals surface area contributed by atoms with Gasteiger partial charge in [-0.3, -0.25) is 9.52 Å². The summed E-state index contributed by atoms with van der Waals surface area (Å²) in [6.45, 7) is 3.10. The summed E-state index contributed by atoms with van der Waals surface area (Å²) in [5, 5.41) is 2.79. The normalized spacial score (nSPS) is 15.5. The van der Waals surface area contributed by atoms with Crippen LogP contribution < -0.4 is 14.9 Å². The highest BCUT2D eigenvalue weighted by molar-refractivity contribution is 7.92. The number of piperidine rings is 1. The second kappa shape index (κ2) is 11.8. The summed E-state index contributed by atoms with van der Waals surface area (Å²) in [5.41, 5.74) is 0.00283. The maximum absolute atomic E-state index is 14.8. The highest BCUT2D eigenvalue weighted by Crippen LogP contribution is 2.33. The summed E-state index contributed by atoms with van der Waals surface area (Å²) in [6.07, 6.45) is -2.08. The lowest BCUT2D eigenvalue weighted by atomic mass is 9.90. The lowest BCUT2D eigenvalue weighted by Crippen LogP contribution is -2.36. The summed E-state index contributed by atoms with van der Waals surface area (Å²) in [4.78, 5) is 19.3. The van der Waals surface area contributed by atoms with Crippen molar-refractivity contribution in [1.82, 2.24) is 10.3 Å². The Labute approximate surface area is 230 Å². The van der Waals surface area contributed by atoms with Crippen molar-refractivity contribution in [2.75, 3.05) is 29.0 Å². The van der Waals surface area contributed by atoms with E-state index in [0.717, 1.165) is 31.2 Å². The first-order chi connectivity index (χ1) is 18.8. The molecular formula is C28H30F4N4O3S. The molecular weight excluding hydrogens is 548 g/mol. The quantitative estimate of drug-likeness (QED) is 0.354. The van der Waals surface area contributed by atoms with E-state index in [9.17, 15) is 30.8 Å². The molecule has 0 saturated carbocycles. The Hall–Kier alpha value is -3.67. The van der Waals surface area contributed by atoms with Crippen LogP contribution in [0.25, 0.3) is 0 Å². The van der Waals surface area contributed by atoms with Crippen LogP contribution in [0.2, 0.25) is 0 Å². The number of benzene rings is 2. The summed E-state index contributed by atoms with van der Waals surface area (Å²) < 4.78 is 80.4. The maximum Gasteiger partial charge on any atom is 0.433 e. The number of carbonyl (C=O) groups excluding carboxylic acids is 1. The number of hydrogen-bond acceptors (Lipinski definition) is 5. The molecule has 214 valence electrons. The van der Waals surface area contributed by atoms with Crippen LogP contribution in [0.3, 0.4) is 0 Å². The van der Waals surface area contributed by atoms with E-state index in [0.29, 0.717) is 30.1 Å². The van der Waals surface area contributed by atoms with Crippen LogP contribution in [0.1, 0.15) is 48.1 Å². The fraction of sp³-hybridized carbons (Fsp3) is 0.357. The first-order valence-electron chi connectivity index (χ1n) is 12.7. The molecule has 4 rings (SSSR count). The Kier molecular flexibility index (Phi) is 8.67. The average molecular weight is 579 g/mol. The number of hydrogen-bond donors (Lipinski definition) is 2. The number of alkyl halides is 3. The van der Waals surface area contributed by atoms with E-state index in [1.807, 2.05) is 4.90 Å². The molecule has 0 radical (unpaired) electrons. The largest absolute Gasteiger partial charge is 0.433 e. The minimum Gasteiger partial charge on any atom is -0.356 e. The van der Waals surface area contributed by atoms with Crippen LogP contribution in [-0.4, -0.2) is 38.7 Å². The molecule has 12 heteroatoms. The number of halogens is 4. The molecule has 1 aliphatic heterocycles. The van der Waals surface area contributed by atoms with Crippen molar-refractivity contribution >= 4 is 27.4 Å². The lowest BCUT2D eigenvalue weighted by molar-refractivity contribution is -0.141. The zero-order chi connectivity index (χ0) is 29.1. The lowest BCUT2D eigenvalue weighted by Gasteiger charge is -2.33. The molecule has 2 aromatic carbocycles. The van der Waals surface area contributed by atoms with Crippen LogP contribution in [-0.2, 0) is 27.5 Å². The van der Waals surface area contributed by atoms with E-state index in [4.69, 9.17) is 0 Å². The van der Waals surface area contributed by atoms with Crippen molar-refractivity contribution in [3.8, 4) is 0 Å². The Morgan fingerprint density at radius 3 is 2.33 bits per heavy atom. The van der Waals surface area contributed by atoms with Crippen molar-refractivity contribution < 1.29 is 30.8 Å². The molecule has 1 atom stereocenters. The zero-order valence-corrected chi connectivity index (χ0v) is 22.8. The molecule has 0 bridgehead atoms. The molecule has 1 aliphatic rings. The van der Waals surface area contributed by atoms with Crippen LogP contribution in [0, 0.1) is 11.7 Å². The SMILES string of the molecule is CC1CCN(c2nc(C(F)(F)F)ccc2CNC(=O)C(c2ccccc2)c2ccc(NS(C)(=O)=O)c(F)c2)CC1. The molecule has 40 heavy (non-hydrogen) atoms. The Bertz CT molecular complexity index is 1460. The van der Waals surface area contributed by atoms with Crippen LogP contribution >= 0.6 is 0 Å². The average Bonchev–Trinajstić information content (AvgIpc) is 2.89. The Morgan fingerprint density at radius 2 is 1.73 bits per heavy atom. The van der Waals surface area contributed by atoms with Gasteiger partial charge in [-0.05, 0) is 48.1 Å². The summed E-state index contributed by atoms with van der Waals surface area (Å²) in [5.74, 6) is -1.70. The number of aromatic nitrogens is 1. The number of anilines is 2.